The lowest BCUT2D eigenvalue weighted by molar-refractivity contribution is -0.145. The van der Waals surface area contributed by atoms with Crippen molar-refractivity contribution >= 4 is 60.4 Å². The number of anilines is 2. The fourth-order valence-electron chi connectivity index (χ4n) is 8.62. The summed E-state index contributed by atoms with van der Waals surface area (Å²) < 4.78 is 38.6. The number of H-pyrrole nitrogens is 2. The minimum absolute atomic E-state index is 0.0960. The Morgan fingerprint density at radius 3 is 1.36 bits per heavy atom. The number of aryl methyl sites for hydroxylation is 4. The monoisotopic (exact) mass is 1070 g/mol. The van der Waals surface area contributed by atoms with Crippen LogP contribution < -0.4 is 42.5 Å². The van der Waals surface area contributed by atoms with Gasteiger partial charge in [0.15, 0.2) is 23.0 Å². The van der Waals surface area contributed by atoms with E-state index in [4.69, 9.17) is 19.3 Å². The summed E-state index contributed by atoms with van der Waals surface area (Å²) in [5.74, 6) is -0.611. The second kappa shape index (κ2) is 25.9. The molecule has 0 radical (unpaired) electrons. The Kier molecular flexibility index (Phi) is 20.5. The molecule has 2 aromatic carbocycles. The first kappa shape index (κ1) is 58.7. The molecule has 0 fully saturated rings. The van der Waals surface area contributed by atoms with Crippen LogP contribution in [0.2, 0.25) is 0 Å². The molecule has 0 aromatic heterocycles. The number of hydrogen-bond acceptors (Lipinski definition) is 16. The molecule has 24 nitrogen and oxygen atoms in total. The van der Waals surface area contributed by atoms with Gasteiger partial charge in [-0.15, -0.1) is 0 Å². The van der Waals surface area contributed by atoms with E-state index in [0.29, 0.717) is 62.6 Å². The molecule has 0 amide bonds. The normalized spacial score (nSPS) is 12.7. The Bertz CT molecular complexity index is 3190. The summed E-state index contributed by atoms with van der Waals surface area (Å²) >= 11 is 0. The third kappa shape index (κ3) is 15.5. The van der Waals surface area contributed by atoms with Gasteiger partial charge in [0.1, 0.15) is 12.1 Å². The fraction of sp³-hybridized carbons (Fsp3) is 0.542. The Labute approximate surface area is 428 Å². The Hall–Kier alpha value is -6.16. The second-order valence-corrected chi connectivity index (χ2v) is 22.8. The summed E-state index contributed by atoms with van der Waals surface area (Å²) in [6, 6.07) is 6.09. The lowest BCUT2D eigenvalue weighted by atomic mass is 10.1. The molecular formula is C48H70N12O12P2. The lowest BCUT2D eigenvalue weighted by Gasteiger charge is -2.26. The third-order valence-electron chi connectivity index (χ3n) is 12.1. The number of hydrogen-bond donors (Lipinski definition) is 6. The van der Waals surface area contributed by atoms with Gasteiger partial charge in [0.05, 0.1) is 35.3 Å². The molecule has 2 atom stereocenters. The van der Waals surface area contributed by atoms with Crippen LogP contribution in [0.4, 0.5) is 11.4 Å². The zero-order valence-electron chi connectivity index (χ0n) is 43.8. The Morgan fingerprint density at radius 1 is 0.622 bits per heavy atom. The van der Waals surface area contributed by atoms with Crippen LogP contribution in [0.25, 0.3) is 45.1 Å². The van der Waals surface area contributed by atoms with Crippen LogP contribution in [0.1, 0.15) is 90.2 Å². The molecule has 6 rings (SSSR count). The molecule has 4 aliphatic rings. The van der Waals surface area contributed by atoms with E-state index in [2.05, 4.69) is 40.1 Å². The molecule has 74 heavy (non-hydrogen) atoms. The maximum absolute atomic E-state index is 13.9. The number of nitrogens with one attached hydrogen (secondary N) is 4. The zero-order chi connectivity index (χ0) is 54.7. The number of rotatable bonds is 24. The molecule has 0 spiro atoms. The number of nitrogens with zero attached hydrogens (tertiary/aromatic N) is 8. The number of benzene rings is 2. The number of unbranched alkanes of at least 4 members (excludes halogenated alkanes) is 6. The summed E-state index contributed by atoms with van der Waals surface area (Å²) in [5, 5.41) is 5.74. The van der Waals surface area contributed by atoms with E-state index >= 15 is 0 Å². The largest absolute Gasteiger partial charge is 0.465 e. The van der Waals surface area contributed by atoms with Crippen molar-refractivity contribution in [2.24, 2.45) is 0 Å². The highest BCUT2D eigenvalue weighted by Gasteiger charge is 2.31. The topological polar surface area (TPSA) is 319 Å². The zero-order valence-corrected chi connectivity index (χ0v) is 45.6. The molecule has 6 N–H and O–H groups in total. The highest BCUT2D eigenvalue weighted by molar-refractivity contribution is 7.59. The van der Waals surface area contributed by atoms with Crippen LogP contribution in [0.5, 0.6) is 0 Å². The smallest absolute Gasteiger partial charge is 0.349 e. The molecular weight excluding hydrogens is 999 g/mol. The van der Waals surface area contributed by atoms with Crippen molar-refractivity contribution < 1.29 is 38.0 Å². The standard InChI is InChI=1S/C29H44N7O7P.C19H26N5O5P/c1-8-42-27(38)19(4)33-44(41,34-20(5)28(39)43-9-2)15-13-11-10-12-14-36-23-17-22(35(6)7)18(3)16-21(23)30-24-25(36)31-29(40)32-26(24)37;1-12-10-13-15(11-14(12)23(2)3)24(8-6-4-5-7-9-30(27,28)29)17-16(20-13)18(25)22-19(26)21-17/h16-17,19-20H,8-15H2,1-7H3,(H,32,37,40)(H2,33,34,41);10-11H,4-9H2,1-3H3,(H,22,25,26)(H2,27,28,29)/t19-,20-;/m0./s1. The maximum atomic E-state index is 13.9. The van der Waals surface area contributed by atoms with Crippen molar-refractivity contribution in [2.75, 3.05) is 63.5 Å². The van der Waals surface area contributed by atoms with Crippen molar-refractivity contribution in [3.63, 3.8) is 0 Å². The van der Waals surface area contributed by atoms with Crippen molar-refractivity contribution in [3.8, 4) is 23.0 Å². The van der Waals surface area contributed by atoms with Gasteiger partial charge in [0, 0.05) is 65.0 Å². The number of esters is 2. The van der Waals surface area contributed by atoms with E-state index in [9.17, 15) is 37.9 Å². The lowest BCUT2D eigenvalue weighted by Crippen LogP contribution is -2.42. The summed E-state index contributed by atoms with van der Waals surface area (Å²) in [6.07, 6.45) is 5.28. The van der Waals surface area contributed by atoms with Crippen LogP contribution in [-0.4, -0.2) is 127 Å². The van der Waals surface area contributed by atoms with Gasteiger partial charge in [0.25, 0.3) is 11.1 Å². The molecule has 0 aliphatic carbocycles. The fourth-order valence-corrected chi connectivity index (χ4v) is 11.7. The minimum atomic E-state index is -3.97. The summed E-state index contributed by atoms with van der Waals surface area (Å²) in [5.41, 5.74) is 4.34. The van der Waals surface area contributed by atoms with Gasteiger partial charge in [-0.1, -0.05) is 25.7 Å². The molecule has 404 valence electrons. The van der Waals surface area contributed by atoms with Gasteiger partial charge >= 0.3 is 30.9 Å². The van der Waals surface area contributed by atoms with Crippen molar-refractivity contribution in [1.29, 1.82) is 0 Å². The SMILES string of the molecule is CCOC(=O)[C@H](C)NP(=O)(CCCCCCn1c2nc(=O)[nH]c(=O)c-2nc2cc(C)c(N(C)C)cc21)N[C@@H](C)C(=O)OCC.Cc1cc2nc3c(=O)[nH]c(=O)nc-3n(CCCCCCP(=O)(O)O)c2cc1N(C)C. The van der Waals surface area contributed by atoms with Gasteiger partial charge < -0.3 is 38.2 Å². The van der Waals surface area contributed by atoms with Gasteiger partial charge in [-0.25, -0.2) is 29.7 Å². The van der Waals surface area contributed by atoms with Crippen molar-refractivity contribution in [2.45, 2.75) is 118 Å². The first-order chi connectivity index (χ1) is 34.9. The first-order valence-corrected chi connectivity index (χ1v) is 28.3. The van der Waals surface area contributed by atoms with E-state index in [1.54, 1.807) is 27.7 Å². The minimum Gasteiger partial charge on any atom is -0.465 e. The molecule has 4 heterocycles. The van der Waals surface area contributed by atoms with E-state index in [0.717, 1.165) is 46.4 Å². The third-order valence-corrected chi connectivity index (χ3v) is 15.5. The van der Waals surface area contributed by atoms with E-state index in [-0.39, 0.29) is 48.6 Å². The Balaban J connectivity index is 0.000000294. The summed E-state index contributed by atoms with van der Waals surface area (Å²) in [4.78, 5) is 117. The molecule has 4 aliphatic heterocycles. The average Bonchev–Trinajstić information content (AvgIpc) is 3.30. The van der Waals surface area contributed by atoms with E-state index in [1.165, 1.54) is 0 Å². The number of carbonyl (C=O) groups is 2. The first-order valence-electron chi connectivity index (χ1n) is 24.6. The molecule has 0 bridgehead atoms. The summed E-state index contributed by atoms with van der Waals surface area (Å²) in [6.45, 7) is 11.8. The highest BCUT2D eigenvalue weighted by atomic mass is 31.2. The second-order valence-electron chi connectivity index (χ2n) is 18.5. The van der Waals surface area contributed by atoms with Crippen molar-refractivity contribution in [3.05, 3.63) is 77.1 Å². The number of fused-ring (bicyclic) bond motifs is 4. The van der Waals surface area contributed by atoms with Crippen LogP contribution in [0.15, 0.2) is 43.4 Å². The van der Waals surface area contributed by atoms with Crippen LogP contribution in [-0.2, 0) is 41.3 Å². The van der Waals surface area contributed by atoms with Crippen LogP contribution >= 0.6 is 15.0 Å². The van der Waals surface area contributed by atoms with Gasteiger partial charge in [-0.3, -0.25) is 38.3 Å². The highest BCUT2D eigenvalue weighted by Crippen LogP contribution is 2.39. The number of aromatic nitrogens is 8. The predicted octanol–water partition coefficient (Wildman–Crippen LogP) is 4.49. The van der Waals surface area contributed by atoms with E-state index in [1.807, 2.05) is 85.2 Å². The average molecular weight is 1070 g/mol. The predicted molar refractivity (Wildman–Crippen MR) is 285 cm³/mol. The number of carbonyl (C=O) groups excluding carboxylic acids is 2. The quantitative estimate of drug-likeness (QED) is 0.0210. The molecule has 26 heteroatoms. The molecule has 0 saturated heterocycles. The van der Waals surface area contributed by atoms with Gasteiger partial charge in [0.2, 0.25) is 7.44 Å². The Morgan fingerprint density at radius 2 is 1.00 bits per heavy atom. The van der Waals surface area contributed by atoms with Crippen LogP contribution in [0, 0.1) is 13.8 Å². The number of ether oxygens (including phenoxy) is 2. The molecule has 0 unspecified atom stereocenters. The van der Waals surface area contributed by atoms with Gasteiger partial charge in [-0.2, -0.15) is 9.97 Å². The summed E-state index contributed by atoms with van der Waals surface area (Å²) in [7, 11) is 0.392. The maximum Gasteiger partial charge on any atom is 0.349 e. The molecule has 2 aromatic rings. The van der Waals surface area contributed by atoms with Crippen LogP contribution in [0.3, 0.4) is 0 Å². The van der Waals surface area contributed by atoms with Gasteiger partial charge in [-0.05, 0) is 103 Å². The van der Waals surface area contributed by atoms with Crippen molar-refractivity contribution in [1.82, 2.24) is 49.2 Å². The molecule has 0 saturated carbocycles. The number of aromatic amines is 2. The van der Waals surface area contributed by atoms with E-state index < -0.39 is 61.6 Å².